The van der Waals surface area contributed by atoms with E-state index in [4.69, 9.17) is 5.11 Å². The Morgan fingerprint density at radius 3 is 2.71 bits per heavy atom. The van der Waals surface area contributed by atoms with Crippen molar-refractivity contribution in [3.63, 3.8) is 0 Å². The minimum absolute atomic E-state index is 0.0948. The van der Waals surface area contributed by atoms with E-state index in [1.54, 1.807) is 6.20 Å². The molecule has 1 N–H and O–H groups in total. The molecule has 0 bridgehead atoms. The van der Waals surface area contributed by atoms with Gasteiger partial charge in [0.2, 0.25) is 0 Å². The Labute approximate surface area is 85.5 Å². The van der Waals surface area contributed by atoms with E-state index in [2.05, 4.69) is 23.7 Å². The summed E-state index contributed by atoms with van der Waals surface area (Å²) in [6.07, 6.45) is 6.46. The molecule has 0 unspecified atom stereocenters. The number of hydrogen-bond donors (Lipinski definition) is 1. The minimum atomic E-state index is 0.0948. The fourth-order valence-corrected chi connectivity index (χ4v) is 1.48. The van der Waals surface area contributed by atoms with Crippen LogP contribution in [-0.4, -0.2) is 35.5 Å². The van der Waals surface area contributed by atoms with Crippen LogP contribution in [0.1, 0.15) is 20.3 Å². The first-order valence-corrected chi connectivity index (χ1v) is 5.09. The molecule has 0 radical (unpaired) electrons. The number of hydrogen-bond acceptors (Lipinski definition) is 3. The van der Waals surface area contributed by atoms with Crippen molar-refractivity contribution >= 4 is 5.84 Å². The summed E-state index contributed by atoms with van der Waals surface area (Å²) in [6, 6.07) is 0. The first-order valence-electron chi connectivity index (χ1n) is 5.09. The Kier molecular flexibility index (Phi) is 4.40. The van der Waals surface area contributed by atoms with Gasteiger partial charge in [-0.05, 0) is 25.5 Å². The van der Waals surface area contributed by atoms with Crippen LogP contribution in [0.4, 0.5) is 0 Å². The lowest BCUT2D eigenvalue weighted by Crippen LogP contribution is -2.29. The Balaban J connectivity index is 2.70. The standard InChI is InChI=1S/C11H18N2O/c1-3-13(4-2)11-6-5-10(9-14)7-8-12-11/h5,7-8,14H,3-4,6,9H2,1-2H3. The van der Waals surface area contributed by atoms with Crippen molar-refractivity contribution in [2.45, 2.75) is 20.3 Å². The molecule has 0 aromatic heterocycles. The second-order valence-electron chi connectivity index (χ2n) is 3.17. The first-order chi connectivity index (χ1) is 6.81. The fourth-order valence-electron chi connectivity index (χ4n) is 1.48. The highest BCUT2D eigenvalue weighted by Crippen LogP contribution is 2.07. The van der Waals surface area contributed by atoms with Crippen LogP contribution >= 0.6 is 0 Å². The molecule has 0 amide bonds. The molecule has 0 fully saturated rings. The molecule has 0 atom stereocenters. The number of nitrogens with zero attached hydrogens (tertiary/aromatic N) is 2. The van der Waals surface area contributed by atoms with E-state index in [-0.39, 0.29) is 6.61 Å². The van der Waals surface area contributed by atoms with Gasteiger partial charge >= 0.3 is 0 Å². The summed E-state index contributed by atoms with van der Waals surface area (Å²) < 4.78 is 0. The predicted molar refractivity (Wildman–Crippen MR) is 59.3 cm³/mol. The zero-order valence-corrected chi connectivity index (χ0v) is 8.90. The molecule has 0 saturated carbocycles. The molecular formula is C11H18N2O. The van der Waals surface area contributed by atoms with Crippen molar-refractivity contribution in [1.29, 1.82) is 0 Å². The molecule has 78 valence electrons. The van der Waals surface area contributed by atoms with Gasteiger partial charge in [0.15, 0.2) is 0 Å². The van der Waals surface area contributed by atoms with Crippen LogP contribution in [0.15, 0.2) is 28.9 Å². The lowest BCUT2D eigenvalue weighted by molar-refractivity contribution is 0.334. The SMILES string of the molecule is CCN(CC)C1=NC=CC(CO)=CC1. The summed E-state index contributed by atoms with van der Waals surface area (Å²) in [6.45, 7) is 6.29. The molecule has 1 aliphatic heterocycles. The average Bonchev–Trinajstić information content (AvgIpc) is 2.45. The van der Waals surface area contributed by atoms with Crippen LogP contribution in [-0.2, 0) is 0 Å². The maximum Gasteiger partial charge on any atom is 0.108 e. The second kappa shape index (κ2) is 5.60. The second-order valence-corrected chi connectivity index (χ2v) is 3.17. The maximum atomic E-state index is 8.97. The third-order valence-electron chi connectivity index (χ3n) is 2.37. The van der Waals surface area contributed by atoms with Crippen LogP contribution in [0.5, 0.6) is 0 Å². The highest BCUT2D eigenvalue weighted by molar-refractivity contribution is 5.84. The molecule has 0 aromatic rings. The number of amidine groups is 1. The van der Waals surface area contributed by atoms with Crippen LogP contribution in [0, 0.1) is 0 Å². The van der Waals surface area contributed by atoms with E-state index in [1.165, 1.54) is 0 Å². The van der Waals surface area contributed by atoms with Crippen LogP contribution in [0.25, 0.3) is 0 Å². The van der Waals surface area contributed by atoms with Crippen molar-refractivity contribution in [3.8, 4) is 0 Å². The van der Waals surface area contributed by atoms with Crippen molar-refractivity contribution in [2.24, 2.45) is 4.99 Å². The number of aliphatic imine (C=N–C) groups is 1. The quantitative estimate of drug-likeness (QED) is 0.740. The van der Waals surface area contributed by atoms with Gasteiger partial charge < -0.3 is 10.0 Å². The minimum Gasteiger partial charge on any atom is -0.392 e. The molecule has 1 rings (SSSR count). The van der Waals surface area contributed by atoms with Gasteiger partial charge in [-0.15, -0.1) is 0 Å². The van der Waals surface area contributed by atoms with Crippen molar-refractivity contribution in [2.75, 3.05) is 19.7 Å². The summed E-state index contributed by atoms with van der Waals surface area (Å²) in [5, 5.41) is 8.97. The highest BCUT2D eigenvalue weighted by atomic mass is 16.3. The molecule has 14 heavy (non-hydrogen) atoms. The zero-order chi connectivity index (χ0) is 10.4. The van der Waals surface area contributed by atoms with Gasteiger partial charge in [0.1, 0.15) is 5.84 Å². The van der Waals surface area contributed by atoms with E-state index >= 15 is 0 Å². The van der Waals surface area contributed by atoms with E-state index in [1.807, 2.05) is 12.2 Å². The van der Waals surface area contributed by atoms with Crippen molar-refractivity contribution in [1.82, 2.24) is 4.90 Å². The molecule has 0 saturated heterocycles. The number of aliphatic hydroxyl groups excluding tert-OH is 1. The third kappa shape index (κ3) is 2.70. The lowest BCUT2D eigenvalue weighted by Gasteiger charge is -2.21. The van der Waals surface area contributed by atoms with E-state index < -0.39 is 0 Å². The lowest BCUT2D eigenvalue weighted by atomic mass is 10.2. The number of aliphatic hydroxyl groups is 1. The molecule has 1 heterocycles. The number of rotatable bonds is 3. The van der Waals surface area contributed by atoms with Gasteiger partial charge in [-0.25, -0.2) is 4.99 Å². The van der Waals surface area contributed by atoms with E-state index in [0.717, 1.165) is 30.9 Å². The van der Waals surface area contributed by atoms with E-state index in [0.29, 0.717) is 0 Å². The van der Waals surface area contributed by atoms with Crippen LogP contribution < -0.4 is 0 Å². The summed E-state index contributed by atoms with van der Waals surface area (Å²) in [5.74, 6) is 1.08. The van der Waals surface area contributed by atoms with Crippen molar-refractivity contribution in [3.05, 3.63) is 23.9 Å². The molecule has 0 aliphatic carbocycles. The monoisotopic (exact) mass is 194 g/mol. The zero-order valence-electron chi connectivity index (χ0n) is 8.90. The largest absolute Gasteiger partial charge is 0.392 e. The molecule has 3 nitrogen and oxygen atoms in total. The van der Waals surface area contributed by atoms with Crippen LogP contribution in [0.3, 0.4) is 0 Å². The van der Waals surface area contributed by atoms with Gasteiger partial charge in [0.05, 0.1) is 6.61 Å². The normalized spacial score (nSPS) is 15.9. The summed E-state index contributed by atoms with van der Waals surface area (Å²) in [4.78, 5) is 6.59. The van der Waals surface area contributed by atoms with Gasteiger partial charge in [0, 0.05) is 25.7 Å². The summed E-state index contributed by atoms with van der Waals surface area (Å²) in [7, 11) is 0. The molecular weight excluding hydrogens is 176 g/mol. The predicted octanol–water partition coefficient (Wildman–Crippen LogP) is 1.56. The smallest absolute Gasteiger partial charge is 0.108 e. The molecule has 0 spiro atoms. The van der Waals surface area contributed by atoms with Crippen LogP contribution in [0.2, 0.25) is 0 Å². The maximum absolute atomic E-state index is 8.97. The topological polar surface area (TPSA) is 35.8 Å². The fraction of sp³-hybridized carbons (Fsp3) is 0.545. The third-order valence-corrected chi connectivity index (χ3v) is 2.37. The van der Waals surface area contributed by atoms with E-state index in [9.17, 15) is 0 Å². The van der Waals surface area contributed by atoms with Gasteiger partial charge in [-0.1, -0.05) is 6.08 Å². The molecule has 3 heteroatoms. The van der Waals surface area contributed by atoms with Gasteiger partial charge in [0.25, 0.3) is 0 Å². The Morgan fingerprint density at radius 1 is 1.43 bits per heavy atom. The van der Waals surface area contributed by atoms with Crippen molar-refractivity contribution < 1.29 is 5.11 Å². The Hall–Kier alpha value is -1.09. The highest BCUT2D eigenvalue weighted by Gasteiger charge is 2.06. The summed E-state index contributed by atoms with van der Waals surface area (Å²) >= 11 is 0. The molecule has 0 aromatic carbocycles. The summed E-state index contributed by atoms with van der Waals surface area (Å²) in [5.41, 5.74) is 0.941. The first kappa shape index (κ1) is 11.0. The Morgan fingerprint density at radius 2 is 2.14 bits per heavy atom. The molecule has 1 aliphatic rings. The van der Waals surface area contributed by atoms with Gasteiger partial charge in [-0.2, -0.15) is 0 Å². The average molecular weight is 194 g/mol. The Bertz CT molecular complexity index is 262. The van der Waals surface area contributed by atoms with Gasteiger partial charge in [-0.3, -0.25) is 0 Å².